The van der Waals surface area contributed by atoms with E-state index >= 15 is 0 Å². The number of amides is 1. The van der Waals surface area contributed by atoms with Gasteiger partial charge < -0.3 is 10.1 Å². The van der Waals surface area contributed by atoms with E-state index in [1.165, 1.54) is 12.1 Å². The van der Waals surface area contributed by atoms with Crippen LogP contribution in [0.1, 0.15) is 36.2 Å². The lowest BCUT2D eigenvalue weighted by atomic mass is 10.1. The molecule has 0 saturated heterocycles. The Morgan fingerprint density at radius 2 is 1.82 bits per heavy atom. The van der Waals surface area contributed by atoms with Gasteiger partial charge >= 0.3 is 6.18 Å². The van der Waals surface area contributed by atoms with Gasteiger partial charge in [0.1, 0.15) is 5.75 Å². The number of benzene rings is 2. The molecule has 0 bridgehead atoms. The fourth-order valence-electron chi connectivity index (χ4n) is 2.23. The van der Waals surface area contributed by atoms with Crippen LogP contribution < -0.4 is 15.4 Å². The number of hydrogen-bond donors (Lipinski definition) is 2. The molecule has 0 atom stereocenters. The molecule has 0 heterocycles. The number of rotatable bonds is 6. The number of halogens is 3. The first-order valence-electron chi connectivity index (χ1n) is 8.67. The Bertz CT molecular complexity index is 821. The molecule has 0 radical (unpaired) electrons. The minimum Gasteiger partial charge on any atom is -0.494 e. The molecule has 0 saturated carbocycles. The van der Waals surface area contributed by atoms with Gasteiger partial charge in [-0.05, 0) is 67.0 Å². The average Bonchev–Trinajstić information content (AvgIpc) is 2.61. The maximum Gasteiger partial charge on any atom is 0.416 e. The molecule has 4 nitrogen and oxygen atoms in total. The van der Waals surface area contributed by atoms with E-state index in [-0.39, 0.29) is 10.8 Å². The molecule has 0 aromatic heterocycles. The number of ether oxygens (including phenoxy) is 1. The van der Waals surface area contributed by atoms with Crippen LogP contribution in [-0.2, 0) is 6.18 Å². The molecular weight excluding hydrogens is 389 g/mol. The Balaban J connectivity index is 1.91. The molecule has 0 fully saturated rings. The molecule has 8 heteroatoms. The van der Waals surface area contributed by atoms with Crippen molar-refractivity contribution in [3.05, 3.63) is 59.7 Å². The number of anilines is 1. The number of nitrogens with one attached hydrogen (secondary N) is 2. The Hall–Kier alpha value is -2.61. The lowest BCUT2D eigenvalue weighted by Crippen LogP contribution is -2.34. The molecule has 28 heavy (non-hydrogen) atoms. The summed E-state index contributed by atoms with van der Waals surface area (Å²) in [6, 6.07) is 11.1. The van der Waals surface area contributed by atoms with Crippen LogP contribution in [0.3, 0.4) is 0 Å². The minimum absolute atomic E-state index is 0.0958. The molecule has 150 valence electrons. The standard InChI is InChI=1S/C20H21F3N2O2S/c1-13(2)10-11-27-17-8-6-14(7-9-17)18(26)25-19(28)24-16-5-3-4-15(12-16)20(21,22)23/h3-9,12-13H,10-11H2,1-2H3,(H2,24,25,26,28). The van der Waals surface area contributed by atoms with Crippen molar-refractivity contribution in [1.82, 2.24) is 5.32 Å². The molecular formula is C20H21F3N2O2S. The third-order valence-electron chi connectivity index (χ3n) is 3.76. The maximum absolute atomic E-state index is 12.7. The topological polar surface area (TPSA) is 50.4 Å². The van der Waals surface area contributed by atoms with Crippen LogP contribution in [0.25, 0.3) is 0 Å². The summed E-state index contributed by atoms with van der Waals surface area (Å²) in [6.07, 6.45) is -3.53. The highest BCUT2D eigenvalue weighted by atomic mass is 32.1. The summed E-state index contributed by atoms with van der Waals surface area (Å²) in [6.45, 7) is 4.80. The molecule has 2 N–H and O–H groups in total. The van der Waals surface area contributed by atoms with Gasteiger partial charge in [-0.1, -0.05) is 19.9 Å². The second kappa shape index (κ2) is 9.54. The van der Waals surface area contributed by atoms with Gasteiger partial charge in [0.15, 0.2) is 5.11 Å². The maximum atomic E-state index is 12.7. The largest absolute Gasteiger partial charge is 0.494 e. The zero-order valence-electron chi connectivity index (χ0n) is 15.5. The van der Waals surface area contributed by atoms with E-state index < -0.39 is 17.6 Å². The summed E-state index contributed by atoms with van der Waals surface area (Å²) in [7, 11) is 0. The quantitative estimate of drug-likeness (QED) is 0.638. The second-order valence-electron chi connectivity index (χ2n) is 6.54. The summed E-state index contributed by atoms with van der Waals surface area (Å²) in [5.41, 5.74) is -0.321. The Morgan fingerprint density at radius 1 is 1.14 bits per heavy atom. The minimum atomic E-state index is -4.46. The highest BCUT2D eigenvalue weighted by Gasteiger charge is 2.30. The fourth-order valence-corrected chi connectivity index (χ4v) is 2.44. The zero-order valence-corrected chi connectivity index (χ0v) is 16.3. The normalized spacial score (nSPS) is 11.2. The van der Waals surface area contributed by atoms with Gasteiger partial charge in [-0.15, -0.1) is 0 Å². The highest BCUT2D eigenvalue weighted by Crippen LogP contribution is 2.30. The SMILES string of the molecule is CC(C)CCOc1ccc(C(=O)NC(=S)Nc2cccc(C(F)(F)F)c2)cc1. The van der Waals surface area contributed by atoms with E-state index in [1.54, 1.807) is 24.3 Å². The Kier molecular flexibility index (Phi) is 7.39. The smallest absolute Gasteiger partial charge is 0.416 e. The van der Waals surface area contributed by atoms with Crippen LogP contribution in [0.4, 0.5) is 18.9 Å². The van der Waals surface area contributed by atoms with Gasteiger partial charge in [-0.3, -0.25) is 10.1 Å². The first kappa shape index (κ1) is 21.7. The van der Waals surface area contributed by atoms with Crippen LogP contribution >= 0.6 is 12.2 Å². The molecule has 2 aromatic rings. The number of alkyl halides is 3. The monoisotopic (exact) mass is 410 g/mol. The van der Waals surface area contributed by atoms with Gasteiger partial charge in [0.25, 0.3) is 5.91 Å². The molecule has 2 aromatic carbocycles. The van der Waals surface area contributed by atoms with E-state index in [1.807, 2.05) is 0 Å². The third kappa shape index (κ3) is 6.84. The number of hydrogen-bond acceptors (Lipinski definition) is 3. The van der Waals surface area contributed by atoms with Crippen LogP contribution in [0.15, 0.2) is 48.5 Å². The van der Waals surface area contributed by atoms with E-state index in [2.05, 4.69) is 24.5 Å². The summed E-state index contributed by atoms with van der Waals surface area (Å²) in [5.74, 6) is 0.718. The molecule has 1 amide bonds. The molecule has 2 rings (SSSR count). The molecule has 0 aliphatic heterocycles. The van der Waals surface area contributed by atoms with Gasteiger partial charge in [0.2, 0.25) is 0 Å². The van der Waals surface area contributed by atoms with E-state index in [0.29, 0.717) is 23.8 Å². The number of thiocarbonyl (C=S) groups is 1. The van der Waals surface area contributed by atoms with Crippen molar-refractivity contribution < 1.29 is 22.7 Å². The van der Waals surface area contributed by atoms with Gasteiger partial charge in [-0.25, -0.2) is 0 Å². The van der Waals surface area contributed by atoms with Crippen molar-refractivity contribution in [3.8, 4) is 5.75 Å². The summed E-state index contributed by atoms with van der Waals surface area (Å²) < 4.78 is 43.8. The van der Waals surface area contributed by atoms with Crippen molar-refractivity contribution in [2.45, 2.75) is 26.4 Å². The average molecular weight is 410 g/mol. The fraction of sp³-hybridized carbons (Fsp3) is 0.300. The first-order valence-corrected chi connectivity index (χ1v) is 9.08. The van der Waals surface area contributed by atoms with Gasteiger partial charge in [0.05, 0.1) is 12.2 Å². The van der Waals surface area contributed by atoms with E-state index in [9.17, 15) is 18.0 Å². The second-order valence-corrected chi connectivity index (χ2v) is 6.95. The number of carbonyl (C=O) groups excluding carboxylic acids is 1. The Morgan fingerprint density at radius 3 is 2.43 bits per heavy atom. The van der Waals surface area contributed by atoms with E-state index in [0.717, 1.165) is 18.6 Å². The van der Waals surface area contributed by atoms with E-state index in [4.69, 9.17) is 17.0 Å². The zero-order chi connectivity index (χ0) is 20.7. The lowest BCUT2D eigenvalue weighted by Gasteiger charge is -2.12. The highest BCUT2D eigenvalue weighted by molar-refractivity contribution is 7.80. The number of carbonyl (C=O) groups is 1. The van der Waals surface area contributed by atoms with Crippen LogP contribution in [0, 0.1) is 5.92 Å². The summed E-state index contributed by atoms with van der Waals surface area (Å²) in [5, 5.41) is 4.92. The van der Waals surface area contributed by atoms with Crippen molar-refractivity contribution in [2.75, 3.05) is 11.9 Å². The predicted molar refractivity (Wildman–Crippen MR) is 107 cm³/mol. The first-order chi connectivity index (χ1) is 13.1. The van der Waals surface area contributed by atoms with Gasteiger partial charge in [0, 0.05) is 11.3 Å². The summed E-state index contributed by atoms with van der Waals surface area (Å²) in [4.78, 5) is 12.2. The summed E-state index contributed by atoms with van der Waals surface area (Å²) >= 11 is 5.01. The van der Waals surface area contributed by atoms with Crippen molar-refractivity contribution in [2.24, 2.45) is 5.92 Å². The predicted octanol–water partition coefficient (Wildman–Crippen LogP) is 5.26. The van der Waals surface area contributed by atoms with Crippen molar-refractivity contribution >= 4 is 28.9 Å². The third-order valence-corrected chi connectivity index (χ3v) is 3.96. The Labute approximate surface area is 167 Å². The molecule has 0 spiro atoms. The van der Waals surface area contributed by atoms with Crippen LogP contribution in [-0.4, -0.2) is 17.6 Å². The lowest BCUT2D eigenvalue weighted by molar-refractivity contribution is -0.137. The van der Waals surface area contributed by atoms with Gasteiger partial charge in [-0.2, -0.15) is 13.2 Å². The van der Waals surface area contributed by atoms with Crippen LogP contribution in [0.2, 0.25) is 0 Å². The molecule has 0 aliphatic rings. The van der Waals surface area contributed by atoms with Crippen LogP contribution in [0.5, 0.6) is 5.75 Å². The molecule has 0 aliphatic carbocycles. The van der Waals surface area contributed by atoms with Crippen molar-refractivity contribution in [1.29, 1.82) is 0 Å². The van der Waals surface area contributed by atoms with Crippen molar-refractivity contribution in [3.63, 3.8) is 0 Å². The molecule has 0 unspecified atom stereocenters.